The van der Waals surface area contributed by atoms with Gasteiger partial charge in [0.05, 0.1) is 4.92 Å². The Kier molecular flexibility index (Phi) is 4.25. The van der Waals surface area contributed by atoms with Crippen LogP contribution in [0.1, 0.15) is 23.2 Å². The van der Waals surface area contributed by atoms with Crippen molar-refractivity contribution in [2.45, 2.75) is 19.1 Å². The first-order valence-corrected chi connectivity index (χ1v) is 8.57. The molecule has 0 spiro atoms. The highest BCUT2D eigenvalue weighted by molar-refractivity contribution is 6.05. The molecule has 28 heavy (non-hydrogen) atoms. The van der Waals surface area contributed by atoms with Crippen LogP contribution in [0.5, 0.6) is 11.5 Å². The van der Waals surface area contributed by atoms with E-state index in [1.165, 1.54) is 30.3 Å². The van der Waals surface area contributed by atoms with Gasteiger partial charge in [0, 0.05) is 36.5 Å². The van der Waals surface area contributed by atoms with E-state index in [2.05, 4.69) is 14.8 Å². The third-order valence-electron chi connectivity index (χ3n) is 4.54. The van der Waals surface area contributed by atoms with Crippen molar-refractivity contribution in [2.24, 2.45) is 0 Å². The number of hydrogen-bond donors (Lipinski definition) is 1. The molecule has 0 unspecified atom stereocenters. The van der Waals surface area contributed by atoms with Crippen molar-refractivity contribution in [2.75, 3.05) is 23.3 Å². The highest BCUT2D eigenvalue weighted by Crippen LogP contribution is 2.42. The van der Waals surface area contributed by atoms with Gasteiger partial charge in [-0.05, 0) is 37.1 Å². The van der Waals surface area contributed by atoms with E-state index in [-0.39, 0.29) is 28.4 Å². The molecule has 146 valence electrons. The van der Waals surface area contributed by atoms with E-state index in [0.29, 0.717) is 5.69 Å². The first-order valence-electron chi connectivity index (χ1n) is 8.57. The van der Waals surface area contributed by atoms with Crippen molar-refractivity contribution >= 4 is 23.0 Å². The van der Waals surface area contributed by atoms with E-state index in [1.807, 2.05) is 4.90 Å². The van der Waals surface area contributed by atoms with Gasteiger partial charge < -0.3 is 19.7 Å². The van der Waals surface area contributed by atoms with Gasteiger partial charge in [-0.25, -0.2) is 0 Å². The lowest BCUT2D eigenvalue weighted by molar-refractivity contribution is -0.384. The molecule has 2 aliphatic heterocycles. The number of carbonyl (C=O) groups is 1. The highest BCUT2D eigenvalue weighted by Gasteiger charge is 2.43. The first kappa shape index (κ1) is 18.0. The lowest BCUT2D eigenvalue weighted by atomic mass is 10.1. The van der Waals surface area contributed by atoms with Crippen molar-refractivity contribution in [1.82, 2.24) is 0 Å². The van der Waals surface area contributed by atoms with Gasteiger partial charge in [-0.3, -0.25) is 14.9 Å². The molecule has 0 aromatic heterocycles. The maximum Gasteiger partial charge on any atom is 0.586 e. The van der Waals surface area contributed by atoms with Gasteiger partial charge in [-0.2, -0.15) is 0 Å². The monoisotopic (exact) mass is 391 g/mol. The standard InChI is InChI=1S/C18H15F2N3O5/c19-18(20)27-15-6-4-12(10-16(15)28-18)21-17(24)11-3-5-13(14(9-11)23(25)26)22-7-1-2-8-22/h3-6,9-10H,1-2,7-8H2,(H,21,24). The number of nitrogens with one attached hydrogen (secondary N) is 1. The number of benzene rings is 2. The number of carbonyl (C=O) groups excluding carboxylic acids is 1. The van der Waals surface area contributed by atoms with E-state index >= 15 is 0 Å². The number of nitro groups is 1. The predicted molar refractivity (Wildman–Crippen MR) is 95.1 cm³/mol. The Hall–Kier alpha value is -3.43. The molecule has 4 rings (SSSR count). The molecule has 0 aliphatic carbocycles. The van der Waals surface area contributed by atoms with Crippen LogP contribution in [-0.4, -0.2) is 30.2 Å². The van der Waals surface area contributed by atoms with Crippen molar-refractivity contribution < 1.29 is 28.0 Å². The molecule has 0 saturated carbocycles. The van der Waals surface area contributed by atoms with Gasteiger partial charge in [0.1, 0.15) is 5.69 Å². The number of ether oxygens (including phenoxy) is 2. The smallest absolute Gasteiger partial charge is 0.395 e. The minimum atomic E-state index is -3.75. The number of halogens is 2. The summed E-state index contributed by atoms with van der Waals surface area (Å²) in [4.78, 5) is 25.3. The molecule has 1 N–H and O–H groups in total. The first-order chi connectivity index (χ1) is 13.3. The van der Waals surface area contributed by atoms with Crippen molar-refractivity contribution in [3.05, 3.63) is 52.1 Å². The number of fused-ring (bicyclic) bond motifs is 1. The predicted octanol–water partition coefficient (Wildman–Crippen LogP) is 3.77. The summed E-state index contributed by atoms with van der Waals surface area (Å²) in [5.41, 5.74) is 0.596. The molecule has 1 amide bonds. The molecule has 10 heteroatoms. The van der Waals surface area contributed by atoms with E-state index in [0.717, 1.165) is 25.9 Å². The second-order valence-corrected chi connectivity index (χ2v) is 6.44. The average Bonchev–Trinajstić information content (AvgIpc) is 3.27. The number of nitro benzene ring substituents is 1. The van der Waals surface area contributed by atoms with E-state index in [9.17, 15) is 23.7 Å². The number of hydrogen-bond acceptors (Lipinski definition) is 6. The zero-order chi connectivity index (χ0) is 19.9. The Balaban J connectivity index is 1.55. The molecule has 2 aliphatic rings. The second kappa shape index (κ2) is 6.63. The average molecular weight is 391 g/mol. The van der Waals surface area contributed by atoms with Gasteiger partial charge in [-0.15, -0.1) is 8.78 Å². The summed E-state index contributed by atoms with van der Waals surface area (Å²) in [6.45, 7) is 1.46. The molecule has 2 aromatic carbocycles. The van der Waals surface area contributed by atoms with Crippen molar-refractivity contribution in [1.29, 1.82) is 0 Å². The number of alkyl halides is 2. The van der Waals surface area contributed by atoms with Crippen LogP contribution < -0.4 is 19.7 Å². The van der Waals surface area contributed by atoms with Gasteiger partial charge in [-0.1, -0.05) is 0 Å². The molecule has 1 saturated heterocycles. The Labute approximate surface area is 157 Å². The molecule has 2 aromatic rings. The Bertz CT molecular complexity index is 960. The van der Waals surface area contributed by atoms with Gasteiger partial charge in [0.25, 0.3) is 11.6 Å². The number of anilines is 2. The molecular formula is C18H15F2N3O5. The minimum absolute atomic E-state index is 0.0812. The maximum absolute atomic E-state index is 13.1. The van der Waals surface area contributed by atoms with E-state index in [4.69, 9.17) is 0 Å². The van der Waals surface area contributed by atoms with Gasteiger partial charge in [0.2, 0.25) is 0 Å². The fraction of sp³-hybridized carbons (Fsp3) is 0.278. The highest BCUT2D eigenvalue weighted by atomic mass is 19.3. The van der Waals surface area contributed by atoms with Crippen LogP contribution >= 0.6 is 0 Å². The summed E-state index contributed by atoms with van der Waals surface area (Å²) in [6.07, 6.45) is -1.83. The molecule has 8 nitrogen and oxygen atoms in total. The lowest BCUT2D eigenvalue weighted by Crippen LogP contribution is -2.25. The third-order valence-corrected chi connectivity index (χ3v) is 4.54. The van der Waals surface area contributed by atoms with Crippen LogP contribution in [0, 0.1) is 10.1 Å². The molecule has 0 radical (unpaired) electrons. The Morgan fingerprint density at radius 3 is 2.54 bits per heavy atom. The molecule has 1 fully saturated rings. The van der Waals surface area contributed by atoms with E-state index < -0.39 is 17.1 Å². The fourth-order valence-corrected chi connectivity index (χ4v) is 3.27. The van der Waals surface area contributed by atoms with Crippen molar-refractivity contribution in [3.8, 4) is 11.5 Å². The topological polar surface area (TPSA) is 93.9 Å². The maximum atomic E-state index is 13.1. The summed E-state index contributed by atoms with van der Waals surface area (Å²) in [6, 6.07) is 8.07. The summed E-state index contributed by atoms with van der Waals surface area (Å²) in [5, 5.41) is 14.0. The zero-order valence-electron chi connectivity index (χ0n) is 14.5. The Morgan fingerprint density at radius 2 is 1.82 bits per heavy atom. The fourth-order valence-electron chi connectivity index (χ4n) is 3.27. The molecular weight excluding hydrogens is 376 g/mol. The normalized spacial score (nSPS) is 16.9. The molecule has 0 bridgehead atoms. The van der Waals surface area contributed by atoms with Crippen molar-refractivity contribution in [3.63, 3.8) is 0 Å². The number of nitrogens with zero attached hydrogens (tertiary/aromatic N) is 2. The number of rotatable bonds is 4. The quantitative estimate of drug-likeness (QED) is 0.630. The SMILES string of the molecule is O=C(Nc1ccc2c(c1)OC(F)(F)O2)c1ccc(N2CCCC2)c([N+](=O)[O-])c1. The number of amides is 1. The largest absolute Gasteiger partial charge is 0.586 e. The van der Waals surface area contributed by atoms with Gasteiger partial charge >= 0.3 is 6.29 Å². The van der Waals surface area contributed by atoms with Crippen LogP contribution in [0.15, 0.2) is 36.4 Å². The molecule has 0 atom stereocenters. The van der Waals surface area contributed by atoms with Crippen LogP contribution in [0.2, 0.25) is 0 Å². The van der Waals surface area contributed by atoms with Crippen LogP contribution in [0.4, 0.5) is 25.8 Å². The summed E-state index contributed by atoms with van der Waals surface area (Å²) >= 11 is 0. The second-order valence-electron chi connectivity index (χ2n) is 6.44. The minimum Gasteiger partial charge on any atom is -0.395 e. The zero-order valence-corrected chi connectivity index (χ0v) is 14.5. The summed E-state index contributed by atoms with van der Waals surface area (Å²) in [7, 11) is 0. The van der Waals surface area contributed by atoms with Gasteiger partial charge in [0.15, 0.2) is 11.5 Å². The van der Waals surface area contributed by atoms with E-state index in [1.54, 1.807) is 6.07 Å². The third kappa shape index (κ3) is 3.40. The van der Waals surface area contributed by atoms with Crippen LogP contribution in [-0.2, 0) is 0 Å². The lowest BCUT2D eigenvalue weighted by Gasteiger charge is -2.17. The molecule has 2 heterocycles. The summed E-state index contributed by atoms with van der Waals surface area (Å²) in [5.74, 6) is -0.964. The van der Waals surface area contributed by atoms with Crippen LogP contribution in [0.25, 0.3) is 0 Å². The van der Waals surface area contributed by atoms with Crippen LogP contribution in [0.3, 0.4) is 0 Å². The Morgan fingerprint density at radius 1 is 1.11 bits per heavy atom. The summed E-state index contributed by atoms with van der Waals surface area (Å²) < 4.78 is 34.8.